The molecule has 0 aliphatic carbocycles. The van der Waals surface area contributed by atoms with Crippen molar-refractivity contribution in [2.75, 3.05) is 0 Å². The molecule has 2 nitrogen and oxygen atoms in total. The molecule has 2 N–H and O–H groups in total. The minimum absolute atomic E-state index is 0. The maximum Gasteiger partial charge on any atom is 0.455 e. The van der Waals surface area contributed by atoms with Crippen LogP contribution in [0.3, 0.4) is 0 Å². The topological polar surface area (TPSA) is 38.9 Å². The predicted molar refractivity (Wildman–Crippen MR) is 57.1 cm³/mol. The van der Waals surface area contributed by atoms with Crippen LogP contribution >= 0.6 is 28.3 Å². The summed E-state index contributed by atoms with van der Waals surface area (Å²) in [5.41, 5.74) is 4.51. The first kappa shape index (κ1) is 16.5. The quantitative estimate of drug-likeness (QED) is 0.837. The molecular formula is C8H7BrClF5N2. The van der Waals surface area contributed by atoms with Gasteiger partial charge in [-0.25, -0.2) is 0 Å². The summed E-state index contributed by atoms with van der Waals surface area (Å²) in [7, 11) is 0. The van der Waals surface area contributed by atoms with Crippen molar-refractivity contribution >= 4 is 28.3 Å². The van der Waals surface area contributed by atoms with Crippen molar-refractivity contribution in [3.63, 3.8) is 0 Å². The highest BCUT2D eigenvalue weighted by Gasteiger charge is 2.61. The highest BCUT2D eigenvalue weighted by atomic mass is 79.9. The second kappa shape index (κ2) is 5.45. The zero-order chi connectivity index (χ0) is 12.6. The molecule has 0 aliphatic rings. The first-order valence-corrected chi connectivity index (χ1v) is 4.76. The molecule has 0 amide bonds. The van der Waals surface area contributed by atoms with Crippen LogP contribution in [-0.4, -0.2) is 17.1 Å². The SMILES string of the molecule is Cl.N[C@@H](c1cncc(Br)c1)C(F)(F)C(F)(F)F. The van der Waals surface area contributed by atoms with E-state index in [4.69, 9.17) is 5.73 Å². The molecule has 17 heavy (non-hydrogen) atoms. The van der Waals surface area contributed by atoms with Crippen molar-refractivity contribution in [2.24, 2.45) is 5.73 Å². The zero-order valence-electron chi connectivity index (χ0n) is 8.01. The largest absolute Gasteiger partial charge is 0.455 e. The van der Waals surface area contributed by atoms with Crippen molar-refractivity contribution < 1.29 is 22.0 Å². The lowest BCUT2D eigenvalue weighted by atomic mass is 10.0. The predicted octanol–water partition coefficient (Wildman–Crippen LogP) is 3.46. The molecular weight excluding hydrogens is 334 g/mol. The molecule has 98 valence electrons. The standard InChI is InChI=1S/C8H6BrF5N2.ClH/c9-5-1-4(2-16-3-5)6(15)7(10,11)8(12,13)14;/h1-3,6H,15H2;1H/t6-;/m0./s1. The van der Waals surface area contributed by atoms with E-state index in [0.717, 1.165) is 12.3 Å². The summed E-state index contributed by atoms with van der Waals surface area (Å²) in [5.74, 6) is -4.99. The van der Waals surface area contributed by atoms with Gasteiger partial charge >= 0.3 is 12.1 Å². The van der Waals surface area contributed by atoms with Crippen LogP contribution in [0.15, 0.2) is 22.9 Å². The van der Waals surface area contributed by atoms with Crippen LogP contribution in [-0.2, 0) is 0 Å². The molecule has 9 heteroatoms. The minimum atomic E-state index is -5.69. The third-order valence-corrected chi connectivity index (χ3v) is 2.29. The van der Waals surface area contributed by atoms with Crippen molar-refractivity contribution in [1.82, 2.24) is 4.98 Å². The molecule has 1 aromatic heterocycles. The number of hydrogen-bond donors (Lipinski definition) is 1. The first-order chi connectivity index (χ1) is 7.16. The van der Waals surface area contributed by atoms with E-state index in [1.165, 1.54) is 6.20 Å². The van der Waals surface area contributed by atoms with Crippen molar-refractivity contribution in [3.05, 3.63) is 28.5 Å². The normalized spacial score (nSPS) is 14.1. The van der Waals surface area contributed by atoms with Gasteiger partial charge in [-0.1, -0.05) is 0 Å². The molecule has 0 aliphatic heterocycles. The Balaban J connectivity index is 0.00000256. The molecule has 0 spiro atoms. The summed E-state index contributed by atoms with van der Waals surface area (Å²) in [6, 6.07) is -1.41. The van der Waals surface area contributed by atoms with E-state index in [2.05, 4.69) is 20.9 Å². The summed E-state index contributed by atoms with van der Waals surface area (Å²) >= 11 is 2.90. The van der Waals surface area contributed by atoms with Gasteiger partial charge in [-0.3, -0.25) is 4.98 Å². The van der Waals surface area contributed by atoms with Gasteiger partial charge in [0.05, 0.1) is 0 Å². The van der Waals surface area contributed by atoms with Gasteiger partial charge in [0.2, 0.25) is 0 Å². The smallest absolute Gasteiger partial charge is 0.319 e. The van der Waals surface area contributed by atoms with Gasteiger partial charge < -0.3 is 5.73 Å². The number of aromatic nitrogens is 1. The summed E-state index contributed by atoms with van der Waals surface area (Å²) in [6.07, 6.45) is -3.56. The number of nitrogens with two attached hydrogens (primary N) is 1. The number of hydrogen-bond acceptors (Lipinski definition) is 2. The van der Waals surface area contributed by atoms with Crippen LogP contribution < -0.4 is 5.73 Å². The monoisotopic (exact) mass is 340 g/mol. The van der Waals surface area contributed by atoms with Crippen molar-refractivity contribution in [1.29, 1.82) is 0 Å². The molecule has 0 saturated carbocycles. The molecule has 1 aromatic rings. The highest BCUT2D eigenvalue weighted by molar-refractivity contribution is 9.10. The lowest BCUT2D eigenvalue weighted by molar-refractivity contribution is -0.291. The fourth-order valence-electron chi connectivity index (χ4n) is 0.984. The van der Waals surface area contributed by atoms with Gasteiger partial charge in [-0.15, -0.1) is 12.4 Å². The van der Waals surface area contributed by atoms with E-state index >= 15 is 0 Å². The van der Waals surface area contributed by atoms with E-state index < -0.39 is 23.7 Å². The van der Waals surface area contributed by atoms with Crippen LogP contribution in [0, 0.1) is 0 Å². The Bertz CT molecular complexity index is 384. The van der Waals surface area contributed by atoms with E-state index in [0.29, 0.717) is 0 Å². The number of halogens is 7. The number of pyridine rings is 1. The summed E-state index contributed by atoms with van der Waals surface area (Å²) in [6.45, 7) is 0. The van der Waals surface area contributed by atoms with Gasteiger partial charge in [0.25, 0.3) is 0 Å². The second-order valence-corrected chi connectivity index (χ2v) is 3.95. The van der Waals surface area contributed by atoms with E-state index in [1.807, 2.05) is 0 Å². The van der Waals surface area contributed by atoms with Gasteiger partial charge in [0.1, 0.15) is 6.04 Å². The summed E-state index contributed by atoms with van der Waals surface area (Å²) in [5, 5.41) is 0. The van der Waals surface area contributed by atoms with Crippen molar-refractivity contribution in [3.8, 4) is 0 Å². The minimum Gasteiger partial charge on any atom is -0.319 e. The van der Waals surface area contributed by atoms with Crippen LogP contribution in [0.5, 0.6) is 0 Å². The fourth-order valence-corrected chi connectivity index (χ4v) is 1.37. The number of alkyl halides is 5. The highest BCUT2D eigenvalue weighted by Crippen LogP contribution is 2.43. The molecule has 0 saturated heterocycles. The molecule has 1 rings (SSSR count). The first-order valence-electron chi connectivity index (χ1n) is 3.97. The Kier molecular flexibility index (Phi) is 5.30. The van der Waals surface area contributed by atoms with Gasteiger partial charge in [0.15, 0.2) is 0 Å². The van der Waals surface area contributed by atoms with Crippen LogP contribution in [0.25, 0.3) is 0 Å². The number of rotatable bonds is 2. The Hall–Kier alpha value is -0.470. The Morgan fingerprint density at radius 3 is 2.12 bits per heavy atom. The molecule has 1 heterocycles. The third kappa shape index (κ3) is 3.49. The van der Waals surface area contributed by atoms with Crippen LogP contribution in [0.1, 0.15) is 11.6 Å². The summed E-state index contributed by atoms with van der Waals surface area (Å²) in [4.78, 5) is 3.47. The van der Waals surface area contributed by atoms with Gasteiger partial charge in [-0.05, 0) is 27.6 Å². The van der Waals surface area contributed by atoms with Crippen molar-refractivity contribution in [2.45, 2.75) is 18.1 Å². The third-order valence-electron chi connectivity index (χ3n) is 1.85. The molecule has 0 radical (unpaired) electrons. The summed E-state index contributed by atoms with van der Waals surface area (Å²) < 4.78 is 62.0. The lowest BCUT2D eigenvalue weighted by Gasteiger charge is -2.25. The van der Waals surface area contributed by atoms with Gasteiger partial charge in [-0.2, -0.15) is 22.0 Å². The molecule has 0 aromatic carbocycles. The van der Waals surface area contributed by atoms with Gasteiger partial charge in [0, 0.05) is 16.9 Å². The van der Waals surface area contributed by atoms with Crippen LogP contribution in [0.2, 0.25) is 0 Å². The molecule has 0 fully saturated rings. The zero-order valence-corrected chi connectivity index (χ0v) is 10.4. The second-order valence-electron chi connectivity index (χ2n) is 3.03. The van der Waals surface area contributed by atoms with E-state index in [-0.39, 0.29) is 16.9 Å². The van der Waals surface area contributed by atoms with E-state index in [1.54, 1.807) is 0 Å². The molecule has 1 atom stereocenters. The van der Waals surface area contributed by atoms with Crippen LogP contribution in [0.4, 0.5) is 22.0 Å². The maximum atomic E-state index is 12.8. The average Bonchev–Trinajstić information content (AvgIpc) is 2.14. The maximum absolute atomic E-state index is 12.8. The fraction of sp³-hybridized carbons (Fsp3) is 0.375. The average molecular weight is 342 g/mol. The number of nitrogens with zero attached hydrogens (tertiary/aromatic N) is 1. The molecule has 0 unspecified atom stereocenters. The Labute approximate surface area is 108 Å². The van der Waals surface area contributed by atoms with E-state index in [9.17, 15) is 22.0 Å². The molecule has 0 bridgehead atoms. The Morgan fingerprint density at radius 1 is 1.18 bits per heavy atom. The lowest BCUT2D eigenvalue weighted by Crippen LogP contribution is -2.45. The Morgan fingerprint density at radius 2 is 1.71 bits per heavy atom.